The van der Waals surface area contributed by atoms with Crippen LogP contribution in [0.5, 0.6) is 0 Å². The van der Waals surface area contributed by atoms with Gasteiger partial charge < -0.3 is 15.3 Å². The Morgan fingerprint density at radius 2 is 2.33 bits per heavy atom. The predicted molar refractivity (Wildman–Crippen MR) is 61.1 cm³/mol. The molecule has 5 heteroatoms. The summed E-state index contributed by atoms with van der Waals surface area (Å²) < 4.78 is 0. The topological polar surface area (TPSA) is 52.6 Å². The average molecular weight is 230 g/mol. The van der Waals surface area contributed by atoms with Gasteiger partial charge in [0.25, 0.3) is 0 Å². The molecular weight excluding hydrogens is 212 g/mol. The Kier molecular flexibility index (Phi) is 3.75. The number of urea groups is 1. The van der Waals surface area contributed by atoms with Crippen molar-refractivity contribution in [1.82, 2.24) is 10.2 Å². The largest absolute Gasteiger partial charge is 0.396 e. The van der Waals surface area contributed by atoms with Gasteiger partial charge in [0, 0.05) is 36.7 Å². The quantitative estimate of drug-likeness (QED) is 0.749. The van der Waals surface area contributed by atoms with Gasteiger partial charge in [0.05, 0.1) is 0 Å². The third kappa shape index (κ3) is 3.01. The minimum Gasteiger partial charge on any atom is -0.396 e. The fourth-order valence-corrected chi connectivity index (χ4v) is 2.91. The number of amides is 2. The van der Waals surface area contributed by atoms with Crippen molar-refractivity contribution in [2.75, 3.05) is 24.7 Å². The molecule has 0 spiro atoms. The van der Waals surface area contributed by atoms with Crippen LogP contribution >= 0.6 is 11.8 Å². The summed E-state index contributed by atoms with van der Waals surface area (Å²) in [4.78, 5) is 13.8. The van der Waals surface area contributed by atoms with Gasteiger partial charge in [0.2, 0.25) is 0 Å². The molecule has 1 saturated carbocycles. The molecule has 2 aliphatic rings. The van der Waals surface area contributed by atoms with Crippen molar-refractivity contribution in [3.05, 3.63) is 0 Å². The van der Waals surface area contributed by atoms with E-state index in [1.165, 1.54) is 0 Å². The monoisotopic (exact) mass is 230 g/mol. The second-order valence-corrected chi connectivity index (χ2v) is 5.31. The van der Waals surface area contributed by atoms with Gasteiger partial charge >= 0.3 is 6.03 Å². The number of nitrogens with zero attached hydrogens (tertiary/aromatic N) is 1. The Balaban J connectivity index is 1.87. The van der Waals surface area contributed by atoms with Gasteiger partial charge in [0.15, 0.2) is 0 Å². The number of nitrogens with one attached hydrogen (secondary N) is 1. The van der Waals surface area contributed by atoms with Crippen LogP contribution in [-0.4, -0.2) is 52.8 Å². The van der Waals surface area contributed by atoms with E-state index >= 15 is 0 Å². The molecule has 0 aromatic heterocycles. The van der Waals surface area contributed by atoms with Gasteiger partial charge in [-0.15, -0.1) is 0 Å². The highest BCUT2D eigenvalue weighted by Crippen LogP contribution is 2.22. The van der Waals surface area contributed by atoms with E-state index in [0.29, 0.717) is 12.5 Å². The molecule has 4 nitrogen and oxygen atoms in total. The van der Waals surface area contributed by atoms with E-state index < -0.39 is 0 Å². The van der Waals surface area contributed by atoms with E-state index in [-0.39, 0.29) is 18.7 Å². The second kappa shape index (κ2) is 5.07. The number of thioether (sulfide) groups is 1. The van der Waals surface area contributed by atoms with Crippen LogP contribution in [0.15, 0.2) is 0 Å². The van der Waals surface area contributed by atoms with Crippen LogP contribution in [0, 0.1) is 0 Å². The van der Waals surface area contributed by atoms with Crippen molar-refractivity contribution in [3.8, 4) is 0 Å². The minimum atomic E-state index is 0.0660. The number of aliphatic hydroxyl groups excluding tert-OH is 1. The summed E-state index contributed by atoms with van der Waals surface area (Å²) in [7, 11) is 0. The molecule has 1 atom stereocenters. The molecule has 1 saturated heterocycles. The molecular formula is C10H18N2O2S. The Hall–Kier alpha value is -0.420. The maximum Gasteiger partial charge on any atom is 0.317 e. The summed E-state index contributed by atoms with van der Waals surface area (Å²) in [6, 6.07) is 0.700. The first-order chi connectivity index (χ1) is 7.31. The molecule has 0 aromatic rings. The third-order valence-electron chi connectivity index (χ3n) is 2.86. The van der Waals surface area contributed by atoms with E-state index in [0.717, 1.165) is 30.9 Å². The van der Waals surface area contributed by atoms with Gasteiger partial charge in [0.1, 0.15) is 0 Å². The SMILES string of the molecule is O=C(NC1CC1)N1CCSCC1CCO. The first-order valence-corrected chi connectivity index (χ1v) is 6.72. The molecule has 1 heterocycles. The fraction of sp³-hybridized carbons (Fsp3) is 0.900. The number of aliphatic hydroxyl groups is 1. The van der Waals surface area contributed by atoms with Crippen molar-refractivity contribution in [2.45, 2.75) is 31.3 Å². The van der Waals surface area contributed by atoms with Crippen LogP contribution in [0.2, 0.25) is 0 Å². The molecule has 1 aliphatic heterocycles. The van der Waals surface area contributed by atoms with E-state index in [4.69, 9.17) is 5.11 Å². The second-order valence-electron chi connectivity index (χ2n) is 4.16. The third-order valence-corrected chi connectivity index (χ3v) is 3.95. The zero-order valence-electron chi connectivity index (χ0n) is 8.82. The Bertz CT molecular complexity index is 231. The van der Waals surface area contributed by atoms with Crippen molar-refractivity contribution in [3.63, 3.8) is 0 Å². The lowest BCUT2D eigenvalue weighted by atomic mass is 10.2. The first kappa shape index (κ1) is 11.1. The summed E-state index contributed by atoms with van der Waals surface area (Å²) in [6.45, 7) is 0.978. The molecule has 0 bridgehead atoms. The Morgan fingerprint density at radius 1 is 1.53 bits per heavy atom. The zero-order chi connectivity index (χ0) is 10.7. The number of carbonyl (C=O) groups excluding carboxylic acids is 1. The Labute approximate surface area is 94.4 Å². The number of rotatable bonds is 3. The molecule has 1 unspecified atom stereocenters. The molecule has 86 valence electrons. The Morgan fingerprint density at radius 3 is 3.00 bits per heavy atom. The summed E-state index contributed by atoms with van der Waals surface area (Å²) in [5.74, 6) is 1.97. The molecule has 2 rings (SSSR count). The van der Waals surface area contributed by atoms with E-state index in [9.17, 15) is 4.79 Å². The molecule has 15 heavy (non-hydrogen) atoms. The fourth-order valence-electron chi connectivity index (χ4n) is 1.80. The van der Waals surface area contributed by atoms with E-state index in [2.05, 4.69) is 5.32 Å². The highest BCUT2D eigenvalue weighted by molar-refractivity contribution is 7.99. The summed E-state index contributed by atoms with van der Waals surface area (Å²) in [5.41, 5.74) is 0. The summed E-state index contributed by atoms with van der Waals surface area (Å²) >= 11 is 1.87. The minimum absolute atomic E-state index is 0.0660. The van der Waals surface area contributed by atoms with E-state index in [1.54, 1.807) is 0 Å². The van der Waals surface area contributed by atoms with Gasteiger partial charge in [-0.2, -0.15) is 11.8 Å². The maximum atomic E-state index is 11.9. The lowest BCUT2D eigenvalue weighted by Gasteiger charge is -2.35. The molecule has 2 fully saturated rings. The number of hydrogen-bond donors (Lipinski definition) is 2. The average Bonchev–Trinajstić information content (AvgIpc) is 3.03. The number of hydrogen-bond acceptors (Lipinski definition) is 3. The molecule has 0 radical (unpaired) electrons. The van der Waals surface area contributed by atoms with Crippen LogP contribution in [0.4, 0.5) is 4.79 Å². The van der Waals surface area contributed by atoms with Crippen LogP contribution in [0.3, 0.4) is 0 Å². The lowest BCUT2D eigenvalue weighted by Crippen LogP contribution is -2.51. The summed E-state index contributed by atoms with van der Waals surface area (Å²) in [6.07, 6.45) is 2.95. The van der Waals surface area contributed by atoms with Crippen molar-refractivity contribution >= 4 is 17.8 Å². The van der Waals surface area contributed by atoms with Gasteiger partial charge in [-0.1, -0.05) is 0 Å². The lowest BCUT2D eigenvalue weighted by molar-refractivity contribution is 0.165. The molecule has 1 aliphatic carbocycles. The van der Waals surface area contributed by atoms with Gasteiger partial charge in [-0.25, -0.2) is 4.79 Å². The highest BCUT2D eigenvalue weighted by Gasteiger charge is 2.30. The first-order valence-electron chi connectivity index (χ1n) is 5.57. The van der Waals surface area contributed by atoms with Gasteiger partial charge in [-0.05, 0) is 19.3 Å². The van der Waals surface area contributed by atoms with Crippen LogP contribution in [0.25, 0.3) is 0 Å². The normalized spacial score (nSPS) is 26.5. The summed E-state index contributed by atoms with van der Waals surface area (Å²) in [5, 5.41) is 12.0. The zero-order valence-corrected chi connectivity index (χ0v) is 9.63. The van der Waals surface area contributed by atoms with Crippen LogP contribution < -0.4 is 5.32 Å². The van der Waals surface area contributed by atoms with Crippen molar-refractivity contribution < 1.29 is 9.90 Å². The maximum absolute atomic E-state index is 11.9. The van der Waals surface area contributed by atoms with E-state index in [1.807, 2.05) is 16.7 Å². The molecule has 0 aromatic carbocycles. The smallest absolute Gasteiger partial charge is 0.317 e. The highest BCUT2D eigenvalue weighted by atomic mass is 32.2. The van der Waals surface area contributed by atoms with Crippen LogP contribution in [0.1, 0.15) is 19.3 Å². The van der Waals surface area contributed by atoms with Gasteiger partial charge in [-0.3, -0.25) is 0 Å². The molecule has 2 N–H and O–H groups in total. The predicted octanol–water partition coefficient (Wildman–Crippen LogP) is 0.658. The standard InChI is InChI=1S/C10H18N2O2S/c13-5-3-9-7-15-6-4-12(9)10(14)11-8-1-2-8/h8-9,13H,1-7H2,(H,11,14). The van der Waals surface area contributed by atoms with Crippen molar-refractivity contribution in [2.24, 2.45) is 0 Å². The number of carbonyl (C=O) groups is 1. The molecule has 2 amide bonds. The van der Waals surface area contributed by atoms with Crippen LogP contribution in [-0.2, 0) is 0 Å². The van der Waals surface area contributed by atoms with Crippen molar-refractivity contribution in [1.29, 1.82) is 0 Å².